The van der Waals surface area contributed by atoms with Gasteiger partial charge in [-0.25, -0.2) is 0 Å². The first-order chi connectivity index (χ1) is 11.8. The predicted molar refractivity (Wildman–Crippen MR) is 96.3 cm³/mol. The summed E-state index contributed by atoms with van der Waals surface area (Å²) in [4.78, 5) is 0. The molecule has 0 nitrogen and oxygen atoms in total. The van der Waals surface area contributed by atoms with Gasteiger partial charge in [-0.05, 0) is 0 Å². The van der Waals surface area contributed by atoms with Gasteiger partial charge in [0, 0.05) is 0 Å². The van der Waals surface area contributed by atoms with Crippen LogP contribution in [0, 0.1) is 0 Å². The molecule has 0 radical (unpaired) electrons. The van der Waals surface area contributed by atoms with Gasteiger partial charge in [0.2, 0.25) is 0 Å². The molecule has 26 heavy (non-hydrogen) atoms. The third-order valence-corrected chi connectivity index (χ3v) is 6.79. The molecular formula is C23H19Cl2Zr. The van der Waals surface area contributed by atoms with E-state index in [1.807, 2.05) is 0 Å². The summed E-state index contributed by atoms with van der Waals surface area (Å²) in [5.74, 6) is 0.472. The van der Waals surface area contributed by atoms with E-state index in [0.717, 1.165) is 6.42 Å². The molecule has 0 aromatic heterocycles. The van der Waals surface area contributed by atoms with Crippen molar-refractivity contribution in [2.75, 3.05) is 0 Å². The molecule has 0 fully saturated rings. The summed E-state index contributed by atoms with van der Waals surface area (Å²) in [6, 6.07) is 16.0. The topological polar surface area (TPSA) is 0 Å². The number of fused-ring (bicyclic) bond motifs is 3. The first-order valence-electron chi connectivity index (χ1n) is 8.87. The third kappa shape index (κ3) is 3.03. The monoisotopic (exact) mass is 455 g/mol. The Bertz CT molecular complexity index is 937. The SMILES string of the molecule is [Cl-].[Cl-].[Zr+2][C]1=C(c2cccc3c2C(C2=CCCC2)c2ccccc2-3)C=CC1. The van der Waals surface area contributed by atoms with Gasteiger partial charge in [-0.15, -0.1) is 0 Å². The summed E-state index contributed by atoms with van der Waals surface area (Å²) in [5, 5.41) is 0. The zero-order valence-corrected chi connectivity index (χ0v) is 18.4. The van der Waals surface area contributed by atoms with Crippen molar-refractivity contribution in [2.24, 2.45) is 0 Å². The molecule has 2 aromatic rings. The van der Waals surface area contributed by atoms with Crippen molar-refractivity contribution < 1.29 is 49.5 Å². The van der Waals surface area contributed by atoms with Crippen molar-refractivity contribution in [3.8, 4) is 11.1 Å². The Balaban J connectivity index is 0.000000980. The average Bonchev–Trinajstić information content (AvgIpc) is 3.32. The van der Waals surface area contributed by atoms with Crippen LogP contribution >= 0.6 is 0 Å². The fourth-order valence-corrected chi connectivity index (χ4v) is 5.42. The molecule has 0 heterocycles. The summed E-state index contributed by atoms with van der Waals surface area (Å²) >= 11 is 1.55. The van der Waals surface area contributed by atoms with Crippen LogP contribution in [0.25, 0.3) is 16.7 Å². The molecule has 0 amide bonds. The maximum absolute atomic E-state index is 2.50. The van der Waals surface area contributed by atoms with E-state index < -0.39 is 0 Å². The second kappa shape index (κ2) is 8.01. The Labute approximate surface area is 183 Å². The molecule has 1 unspecified atom stereocenters. The second-order valence-electron chi connectivity index (χ2n) is 6.96. The molecule has 0 bridgehead atoms. The van der Waals surface area contributed by atoms with Gasteiger partial charge >= 0.3 is 159 Å². The molecule has 0 spiro atoms. The van der Waals surface area contributed by atoms with Crippen LogP contribution in [0.15, 0.2) is 69.5 Å². The van der Waals surface area contributed by atoms with E-state index >= 15 is 0 Å². The first kappa shape index (κ1) is 19.9. The normalized spacial score (nSPS) is 19.6. The van der Waals surface area contributed by atoms with Gasteiger partial charge in [-0.3, -0.25) is 0 Å². The minimum atomic E-state index is 0. The molecule has 0 aliphatic heterocycles. The van der Waals surface area contributed by atoms with Gasteiger partial charge in [0.05, 0.1) is 0 Å². The van der Waals surface area contributed by atoms with Crippen LogP contribution in [0.5, 0.6) is 0 Å². The van der Waals surface area contributed by atoms with Crippen molar-refractivity contribution >= 4 is 5.57 Å². The molecule has 2 aromatic carbocycles. The second-order valence-corrected chi connectivity index (χ2v) is 8.44. The average molecular weight is 458 g/mol. The molecule has 0 saturated carbocycles. The van der Waals surface area contributed by atoms with Crippen LogP contribution in [0.4, 0.5) is 0 Å². The molecular weight excluding hydrogens is 438 g/mol. The Morgan fingerprint density at radius 1 is 0.885 bits per heavy atom. The summed E-state index contributed by atoms with van der Waals surface area (Å²) in [7, 11) is 0. The number of allylic oxidation sites excluding steroid dienone is 6. The number of benzene rings is 2. The van der Waals surface area contributed by atoms with Gasteiger partial charge in [0.15, 0.2) is 0 Å². The summed E-state index contributed by atoms with van der Waals surface area (Å²) in [6.45, 7) is 0. The van der Waals surface area contributed by atoms with Crippen LogP contribution in [0.2, 0.25) is 0 Å². The molecule has 3 aliphatic carbocycles. The fraction of sp³-hybridized carbons (Fsp3) is 0.217. The van der Waals surface area contributed by atoms with E-state index in [1.54, 1.807) is 39.1 Å². The summed E-state index contributed by atoms with van der Waals surface area (Å²) in [5.41, 5.74) is 10.6. The molecule has 5 rings (SSSR count). The van der Waals surface area contributed by atoms with E-state index in [-0.39, 0.29) is 24.8 Å². The maximum atomic E-state index is 2.50. The Morgan fingerprint density at radius 2 is 1.65 bits per heavy atom. The Hall–Kier alpha value is -0.877. The predicted octanol–water partition coefficient (Wildman–Crippen LogP) is 0.135. The standard InChI is InChI=1S/C23H19.2ClH.Zr/c1-2-9-16(8-1)18-14-7-15-21-19-12-5-6-13-20(19)22(23(18)21)17-10-3-4-11-17;;;/h1,5-8,10,12-15,22H,2-4,11H2;2*1H;/q;;;+2/p-2. The van der Waals surface area contributed by atoms with E-state index in [0.29, 0.717) is 5.92 Å². The molecule has 3 aliphatic rings. The number of hydrogen-bond donors (Lipinski definition) is 0. The molecule has 0 saturated heterocycles. The Kier molecular flexibility index (Phi) is 6.12. The van der Waals surface area contributed by atoms with Gasteiger partial charge in [0.1, 0.15) is 0 Å². The quantitative estimate of drug-likeness (QED) is 0.563. The number of halogens is 2. The molecule has 3 heteroatoms. The number of hydrogen-bond acceptors (Lipinski definition) is 0. The fourth-order valence-electron chi connectivity index (χ4n) is 4.60. The van der Waals surface area contributed by atoms with Gasteiger partial charge in [-0.2, -0.15) is 0 Å². The van der Waals surface area contributed by atoms with Crippen molar-refractivity contribution in [3.63, 3.8) is 0 Å². The Morgan fingerprint density at radius 3 is 2.38 bits per heavy atom. The zero-order chi connectivity index (χ0) is 16.1. The first-order valence-corrected chi connectivity index (χ1v) is 10.1. The number of rotatable bonds is 2. The van der Waals surface area contributed by atoms with Crippen LogP contribution < -0.4 is 24.8 Å². The van der Waals surface area contributed by atoms with Crippen LogP contribution in [0.3, 0.4) is 0 Å². The summed E-state index contributed by atoms with van der Waals surface area (Å²) < 4.78 is 1.59. The third-order valence-electron chi connectivity index (χ3n) is 5.63. The van der Waals surface area contributed by atoms with Gasteiger partial charge < -0.3 is 24.8 Å². The van der Waals surface area contributed by atoms with E-state index in [1.165, 1.54) is 47.1 Å². The van der Waals surface area contributed by atoms with Gasteiger partial charge in [0.25, 0.3) is 0 Å². The molecule has 1 atom stereocenters. The van der Waals surface area contributed by atoms with Crippen LogP contribution in [-0.2, 0) is 24.7 Å². The van der Waals surface area contributed by atoms with Crippen molar-refractivity contribution in [1.82, 2.24) is 0 Å². The van der Waals surface area contributed by atoms with Crippen molar-refractivity contribution in [3.05, 3.63) is 86.2 Å². The molecule has 129 valence electrons. The van der Waals surface area contributed by atoms with Crippen molar-refractivity contribution in [1.29, 1.82) is 0 Å². The van der Waals surface area contributed by atoms with E-state index in [2.05, 4.69) is 60.7 Å². The zero-order valence-electron chi connectivity index (χ0n) is 14.4. The minimum absolute atomic E-state index is 0. The van der Waals surface area contributed by atoms with Crippen molar-refractivity contribution in [2.45, 2.75) is 31.6 Å². The molecule has 0 N–H and O–H groups in total. The van der Waals surface area contributed by atoms with Crippen LogP contribution in [0.1, 0.15) is 48.3 Å². The van der Waals surface area contributed by atoms with E-state index in [9.17, 15) is 0 Å². The van der Waals surface area contributed by atoms with E-state index in [4.69, 9.17) is 0 Å². The van der Waals surface area contributed by atoms with Gasteiger partial charge in [-0.1, -0.05) is 0 Å². The van der Waals surface area contributed by atoms with Crippen LogP contribution in [-0.4, -0.2) is 0 Å². The summed E-state index contributed by atoms with van der Waals surface area (Å²) in [6.07, 6.45) is 12.1.